The first-order chi connectivity index (χ1) is 4.81. The third-order valence-electron chi connectivity index (χ3n) is 1.27. The maximum Gasteiger partial charge on any atom is 0.131 e. The second kappa shape index (κ2) is 7.38. The summed E-state index contributed by atoms with van der Waals surface area (Å²) in [4.78, 5) is 0. The predicted molar refractivity (Wildman–Crippen MR) is 46.8 cm³/mol. The molecule has 0 saturated carbocycles. The van der Waals surface area contributed by atoms with Crippen molar-refractivity contribution in [1.29, 1.82) is 0 Å². The minimum Gasteiger partial charge on any atom is -0.380 e. The molecule has 0 amide bonds. The van der Waals surface area contributed by atoms with Crippen molar-refractivity contribution in [2.45, 2.75) is 0 Å². The van der Waals surface area contributed by atoms with Gasteiger partial charge in [-0.3, -0.25) is 0 Å². The first-order valence-corrected chi connectivity index (χ1v) is 5.35. The molecule has 0 spiro atoms. The van der Waals surface area contributed by atoms with Gasteiger partial charge in [-0.15, -0.1) is 0 Å². The van der Waals surface area contributed by atoms with Gasteiger partial charge in [0.2, 0.25) is 0 Å². The Hall–Kier alpha value is 0.270. The predicted octanol–water partition coefficient (Wildman–Crippen LogP) is 0.527. The highest BCUT2D eigenvalue weighted by Crippen LogP contribution is 1.90. The first kappa shape index (κ1) is 10.3. The van der Waals surface area contributed by atoms with Gasteiger partial charge in [0.05, 0.1) is 19.5 Å². The van der Waals surface area contributed by atoms with Crippen LogP contribution in [-0.4, -0.2) is 45.2 Å². The highest BCUT2D eigenvalue weighted by molar-refractivity contribution is 7.96. The van der Waals surface area contributed by atoms with E-state index in [4.69, 9.17) is 9.47 Å². The number of rotatable bonds is 6. The molecule has 0 N–H and O–H groups in total. The maximum absolute atomic E-state index is 4.96. The minimum absolute atomic E-state index is 0.480. The molecule has 0 radical (unpaired) electrons. The molecule has 0 heterocycles. The van der Waals surface area contributed by atoms with Crippen molar-refractivity contribution in [2.75, 3.05) is 45.2 Å². The Bertz CT molecular complexity index is 60.6. The van der Waals surface area contributed by atoms with Crippen LogP contribution >= 0.6 is 0 Å². The standard InChI is InChI=1S/C7H17O2S/c1-8-4-6-10(3)7-5-9-2/h4-7H2,1-3H3/q+1. The van der Waals surface area contributed by atoms with Crippen LogP contribution in [0.5, 0.6) is 0 Å². The molecule has 0 rings (SSSR count). The number of hydrogen-bond acceptors (Lipinski definition) is 2. The van der Waals surface area contributed by atoms with E-state index in [1.54, 1.807) is 14.2 Å². The fraction of sp³-hybridized carbons (Fsp3) is 1.00. The van der Waals surface area contributed by atoms with E-state index in [9.17, 15) is 0 Å². The zero-order valence-electron chi connectivity index (χ0n) is 7.05. The van der Waals surface area contributed by atoms with Crippen molar-refractivity contribution in [3.05, 3.63) is 0 Å². The Morgan fingerprint density at radius 1 is 1.00 bits per heavy atom. The second-order valence-corrected chi connectivity index (χ2v) is 4.55. The van der Waals surface area contributed by atoms with Crippen LogP contribution in [0.4, 0.5) is 0 Å². The van der Waals surface area contributed by atoms with E-state index in [2.05, 4.69) is 6.26 Å². The zero-order valence-corrected chi connectivity index (χ0v) is 7.87. The fourth-order valence-electron chi connectivity index (χ4n) is 0.553. The van der Waals surface area contributed by atoms with Gasteiger partial charge in [-0.25, -0.2) is 0 Å². The number of methoxy groups -OCH3 is 2. The molecule has 0 atom stereocenters. The van der Waals surface area contributed by atoms with E-state index < -0.39 is 0 Å². The van der Waals surface area contributed by atoms with Gasteiger partial charge >= 0.3 is 0 Å². The summed E-state index contributed by atoms with van der Waals surface area (Å²) in [5.41, 5.74) is 0. The van der Waals surface area contributed by atoms with Crippen LogP contribution in [0, 0.1) is 0 Å². The van der Waals surface area contributed by atoms with Crippen LogP contribution in [0.2, 0.25) is 0 Å². The third kappa shape index (κ3) is 6.39. The Morgan fingerprint density at radius 2 is 1.40 bits per heavy atom. The van der Waals surface area contributed by atoms with Gasteiger partial charge in [0.25, 0.3) is 0 Å². The lowest BCUT2D eigenvalue weighted by atomic mass is 10.8. The molecule has 2 nitrogen and oxygen atoms in total. The molecule has 0 aliphatic carbocycles. The SMILES string of the molecule is COCC[S+](C)CCOC. The summed E-state index contributed by atoms with van der Waals surface area (Å²) in [6.07, 6.45) is 2.25. The average Bonchev–Trinajstić information content (AvgIpc) is 1.97. The van der Waals surface area contributed by atoms with Gasteiger partial charge in [0.15, 0.2) is 0 Å². The molecule has 0 aromatic carbocycles. The lowest BCUT2D eigenvalue weighted by molar-refractivity contribution is 0.214. The summed E-state index contributed by atoms with van der Waals surface area (Å²) in [7, 11) is 3.97. The third-order valence-corrected chi connectivity index (χ3v) is 3.00. The molecule has 0 aromatic heterocycles. The lowest BCUT2D eigenvalue weighted by Gasteiger charge is -2.01. The van der Waals surface area contributed by atoms with E-state index >= 15 is 0 Å². The van der Waals surface area contributed by atoms with Crippen LogP contribution in [-0.2, 0) is 20.4 Å². The first-order valence-electron chi connectivity index (χ1n) is 3.38. The number of hydrogen-bond donors (Lipinski definition) is 0. The smallest absolute Gasteiger partial charge is 0.131 e. The van der Waals surface area contributed by atoms with Gasteiger partial charge in [0, 0.05) is 14.2 Å². The van der Waals surface area contributed by atoms with E-state index in [-0.39, 0.29) is 0 Å². The second-order valence-electron chi connectivity index (χ2n) is 2.18. The van der Waals surface area contributed by atoms with Crippen molar-refractivity contribution in [2.24, 2.45) is 0 Å². The van der Waals surface area contributed by atoms with Crippen LogP contribution in [0.3, 0.4) is 0 Å². The Balaban J connectivity index is 3.00. The topological polar surface area (TPSA) is 18.5 Å². The summed E-state index contributed by atoms with van der Waals surface area (Å²) >= 11 is 0. The molecule has 0 aliphatic rings. The summed E-state index contributed by atoms with van der Waals surface area (Å²) in [5.74, 6) is 2.33. The van der Waals surface area contributed by atoms with Crippen LogP contribution in [0.1, 0.15) is 0 Å². The normalized spacial score (nSPS) is 10.8. The van der Waals surface area contributed by atoms with Crippen molar-refractivity contribution >= 4 is 10.9 Å². The van der Waals surface area contributed by atoms with Crippen molar-refractivity contribution in [1.82, 2.24) is 0 Å². The number of ether oxygens (including phenoxy) is 2. The molecule has 62 valence electrons. The minimum atomic E-state index is 0.480. The molecular formula is C7H17O2S+. The molecule has 0 aliphatic heterocycles. The Labute approximate surface area is 66.2 Å². The maximum atomic E-state index is 4.96. The van der Waals surface area contributed by atoms with Crippen molar-refractivity contribution in [3.8, 4) is 0 Å². The van der Waals surface area contributed by atoms with E-state index in [1.807, 2.05) is 0 Å². The molecule has 0 fully saturated rings. The lowest BCUT2D eigenvalue weighted by Crippen LogP contribution is -2.16. The van der Waals surface area contributed by atoms with Crippen LogP contribution < -0.4 is 0 Å². The summed E-state index contributed by atoms with van der Waals surface area (Å²) in [6.45, 7) is 1.76. The molecule has 0 saturated heterocycles. The zero-order chi connectivity index (χ0) is 7.82. The van der Waals surface area contributed by atoms with Gasteiger partial charge in [-0.2, -0.15) is 0 Å². The van der Waals surface area contributed by atoms with Crippen LogP contribution in [0.15, 0.2) is 0 Å². The Kier molecular flexibility index (Phi) is 7.58. The summed E-state index contributed by atoms with van der Waals surface area (Å²) in [6, 6.07) is 0. The van der Waals surface area contributed by atoms with Crippen LogP contribution in [0.25, 0.3) is 0 Å². The highest BCUT2D eigenvalue weighted by atomic mass is 32.2. The van der Waals surface area contributed by atoms with Gasteiger partial charge in [-0.05, 0) is 10.9 Å². The molecule has 3 heteroatoms. The summed E-state index contributed by atoms with van der Waals surface area (Å²) in [5, 5.41) is 0. The van der Waals surface area contributed by atoms with E-state index in [0.29, 0.717) is 10.9 Å². The van der Waals surface area contributed by atoms with Crippen molar-refractivity contribution in [3.63, 3.8) is 0 Å². The Morgan fingerprint density at radius 3 is 1.70 bits per heavy atom. The van der Waals surface area contributed by atoms with E-state index in [1.165, 1.54) is 11.5 Å². The molecule has 10 heavy (non-hydrogen) atoms. The molecule has 0 aromatic rings. The fourth-order valence-corrected chi connectivity index (χ4v) is 1.66. The van der Waals surface area contributed by atoms with E-state index in [0.717, 1.165) is 13.2 Å². The van der Waals surface area contributed by atoms with Gasteiger partial charge in [0.1, 0.15) is 11.5 Å². The van der Waals surface area contributed by atoms with Crippen molar-refractivity contribution < 1.29 is 9.47 Å². The largest absolute Gasteiger partial charge is 0.380 e. The monoisotopic (exact) mass is 165 g/mol. The molecule has 0 bridgehead atoms. The van der Waals surface area contributed by atoms with Gasteiger partial charge < -0.3 is 9.47 Å². The van der Waals surface area contributed by atoms with Gasteiger partial charge in [-0.1, -0.05) is 0 Å². The quantitative estimate of drug-likeness (QED) is 0.534. The highest BCUT2D eigenvalue weighted by Gasteiger charge is 2.08. The summed E-state index contributed by atoms with van der Waals surface area (Å²) < 4.78 is 9.92. The molecular weight excluding hydrogens is 148 g/mol. The average molecular weight is 165 g/mol. The molecule has 0 unspecified atom stereocenters.